The van der Waals surface area contributed by atoms with Crippen LogP contribution in [-0.4, -0.2) is 20.2 Å². The van der Waals surface area contributed by atoms with Crippen molar-refractivity contribution in [1.82, 2.24) is 30.4 Å². The second-order valence-corrected chi connectivity index (χ2v) is 13.5. The first kappa shape index (κ1) is 40.5. The van der Waals surface area contributed by atoms with Crippen LogP contribution in [-0.2, 0) is 68.1 Å². The maximum Gasteiger partial charge on any atom is 0.124 e. The van der Waals surface area contributed by atoms with Crippen LogP contribution in [0.3, 0.4) is 0 Å². The summed E-state index contributed by atoms with van der Waals surface area (Å²) in [4.78, 5) is 17.5. The molecule has 0 saturated carbocycles. The van der Waals surface area contributed by atoms with Gasteiger partial charge in [0.25, 0.3) is 0 Å². The van der Waals surface area contributed by atoms with E-state index in [4.69, 9.17) is 8.83 Å². The van der Waals surface area contributed by atoms with Crippen molar-refractivity contribution >= 4 is 34.4 Å². The van der Waals surface area contributed by atoms with E-state index in [0.717, 1.165) is 80.2 Å². The number of hydrogen-bond donors (Lipinski definition) is 0. The number of fused-ring (bicyclic) bond motifs is 2. The van der Waals surface area contributed by atoms with Crippen LogP contribution >= 0.6 is 0 Å². The van der Waals surface area contributed by atoms with E-state index in [-0.39, 0.29) is 42.1 Å². The van der Waals surface area contributed by atoms with Gasteiger partial charge in [-0.2, -0.15) is 60.7 Å². The molecule has 0 unspecified atom stereocenters. The van der Waals surface area contributed by atoms with Gasteiger partial charge in [0.1, 0.15) is 34.7 Å². The summed E-state index contributed by atoms with van der Waals surface area (Å²) in [6, 6.07) is 42.3. The SMILES string of the molecule is Cc1cc(Cc2ccc(CN3[CH-]N(c4[c-]cccc4)c4ncccc43)o2)n[n-]1.Cc1cc(Cc2ccc(CN3[CH-]N(c4[c-]cccc4)c4ncccc43)o2)n[n-]1.[Pt].[Pt]. The van der Waals surface area contributed by atoms with Crippen LogP contribution in [0.5, 0.6) is 0 Å². The first-order chi connectivity index (χ1) is 27.5. The van der Waals surface area contributed by atoms with Gasteiger partial charge < -0.3 is 48.8 Å². The minimum atomic E-state index is 0. The van der Waals surface area contributed by atoms with E-state index in [1.54, 1.807) is 12.4 Å². The number of anilines is 6. The predicted molar refractivity (Wildman–Crippen MR) is 212 cm³/mol. The normalized spacial score (nSPS) is 12.7. The molecule has 0 N–H and O–H groups in total. The summed E-state index contributed by atoms with van der Waals surface area (Å²) in [7, 11) is 0. The summed E-state index contributed by atoms with van der Waals surface area (Å²) in [5, 5.41) is 16.4. The number of furan rings is 2. The van der Waals surface area contributed by atoms with E-state index in [1.165, 1.54) is 0 Å². The number of pyridine rings is 2. The molecule has 0 saturated heterocycles. The molecule has 0 bridgehead atoms. The molecule has 14 heteroatoms. The van der Waals surface area contributed by atoms with E-state index in [1.807, 2.05) is 134 Å². The Kier molecular flexibility index (Phi) is 12.7. The summed E-state index contributed by atoms with van der Waals surface area (Å²) in [5.41, 5.74) is 7.68. The molecule has 12 nitrogen and oxygen atoms in total. The van der Waals surface area contributed by atoms with Crippen LogP contribution in [0, 0.1) is 39.3 Å². The molecular formula is C44H36N10O2Pt2-6. The van der Waals surface area contributed by atoms with Gasteiger partial charge in [0.05, 0.1) is 11.4 Å². The second kappa shape index (κ2) is 18.3. The number of aryl methyl sites for hydroxylation is 2. The zero-order chi connectivity index (χ0) is 37.8. The van der Waals surface area contributed by atoms with Gasteiger partial charge in [-0.3, -0.25) is 0 Å². The summed E-state index contributed by atoms with van der Waals surface area (Å²) in [5.74, 6) is 5.31. The maximum absolute atomic E-state index is 6.04. The fourth-order valence-corrected chi connectivity index (χ4v) is 6.74. The van der Waals surface area contributed by atoms with Crippen LogP contribution in [0.25, 0.3) is 0 Å². The zero-order valence-electron chi connectivity index (χ0n) is 31.5. The molecule has 2 aliphatic heterocycles. The number of rotatable bonds is 10. The Morgan fingerprint density at radius 3 is 1.41 bits per heavy atom. The van der Waals surface area contributed by atoms with Crippen LogP contribution in [0.15, 0.2) is 130 Å². The molecule has 58 heavy (non-hydrogen) atoms. The van der Waals surface area contributed by atoms with E-state index in [0.29, 0.717) is 25.9 Å². The first-order valence-corrected chi connectivity index (χ1v) is 18.2. The van der Waals surface area contributed by atoms with Gasteiger partial charge in [0.2, 0.25) is 0 Å². The Hall–Kier alpha value is -5.70. The van der Waals surface area contributed by atoms with E-state index >= 15 is 0 Å². The van der Waals surface area contributed by atoms with Gasteiger partial charge in [-0.15, -0.1) is 36.1 Å². The van der Waals surface area contributed by atoms with E-state index in [9.17, 15) is 0 Å². The van der Waals surface area contributed by atoms with Gasteiger partial charge in [0.15, 0.2) is 0 Å². The molecule has 8 aromatic rings. The monoisotopic (exact) mass is 1130 g/mol. The van der Waals surface area contributed by atoms with Crippen molar-refractivity contribution in [3.63, 3.8) is 0 Å². The van der Waals surface area contributed by atoms with Crippen molar-refractivity contribution in [2.75, 3.05) is 19.6 Å². The molecule has 6 aromatic heterocycles. The summed E-state index contributed by atoms with van der Waals surface area (Å²) < 4.78 is 12.1. The molecule has 0 amide bonds. The minimum Gasteiger partial charge on any atom is -0.579 e. The quantitative estimate of drug-likeness (QED) is 0.124. The van der Waals surface area contributed by atoms with Crippen molar-refractivity contribution < 1.29 is 51.0 Å². The maximum atomic E-state index is 6.04. The van der Waals surface area contributed by atoms with Gasteiger partial charge >= 0.3 is 0 Å². The van der Waals surface area contributed by atoms with Crippen LogP contribution in [0.4, 0.5) is 34.4 Å². The van der Waals surface area contributed by atoms with Gasteiger partial charge in [-0.1, -0.05) is 26.0 Å². The van der Waals surface area contributed by atoms with E-state index < -0.39 is 0 Å². The third-order valence-corrected chi connectivity index (χ3v) is 9.24. The summed E-state index contributed by atoms with van der Waals surface area (Å²) in [6.07, 6.45) is 4.90. The topological polar surface area (TPSA) is 119 Å². The Bertz CT molecular complexity index is 2360. The Morgan fingerprint density at radius 2 is 1.02 bits per heavy atom. The van der Waals surface area contributed by atoms with Crippen molar-refractivity contribution in [2.45, 2.75) is 39.8 Å². The first-order valence-electron chi connectivity index (χ1n) is 18.2. The average Bonchev–Trinajstić information content (AvgIpc) is 4.11. The van der Waals surface area contributed by atoms with Crippen molar-refractivity contribution in [2.24, 2.45) is 0 Å². The van der Waals surface area contributed by atoms with E-state index in [2.05, 4.69) is 64.4 Å². The van der Waals surface area contributed by atoms with Crippen LogP contribution < -0.4 is 29.8 Å². The van der Waals surface area contributed by atoms with Crippen molar-refractivity contribution in [1.29, 1.82) is 0 Å². The molecule has 2 aliphatic rings. The molecule has 8 heterocycles. The second-order valence-electron chi connectivity index (χ2n) is 13.5. The Morgan fingerprint density at radius 1 is 0.569 bits per heavy atom. The third-order valence-electron chi connectivity index (χ3n) is 9.24. The fraction of sp³-hybridized carbons (Fsp3) is 0.136. The van der Waals surface area contributed by atoms with Crippen molar-refractivity contribution in [3.05, 3.63) is 193 Å². The molecule has 300 valence electrons. The van der Waals surface area contributed by atoms with Gasteiger partial charge in [-0.25, -0.2) is 9.97 Å². The smallest absolute Gasteiger partial charge is 0.124 e. The van der Waals surface area contributed by atoms with Crippen molar-refractivity contribution in [3.8, 4) is 0 Å². The van der Waals surface area contributed by atoms with Gasteiger partial charge in [-0.05, 0) is 48.5 Å². The average molecular weight is 1130 g/mol. The minimum absolute atomic E-state index is 0. The number of hydrogen-bond acceptors (Lipinski definition) is 10. The molecule has 0 radical (unpaired) electrons. The molecule has 0 aliphatic carbocycles. The standard InChI is InChI=1S/2C22H18N5O.2Pt/c2*1-16-12-17(25-24-16)13-19-9-10-20(28-19)14-26-15-27(18-6-3-2-4-7-18)22-21(26)8-5-11-23-22;;/h2*2-6,8-12,15H,13-14H2,1H3;;/q2*-3;;. The number of nitrogens with zero attached hydrogens (tertiary/aromatic N) is 10. The molecule has 10 rings (SSSR count). The van der Waals surface area contributed by atoms with Crippen LogP contribution in [0.1, 0.15) is 45.8 Å². The zero-order valence-corrected chi connectivity index (χ0v) is 36.0. The van der Waals surface area contributed by atoms with Gasteiger partial charge in [0, 0.05) is 91.8 Å². The molecule has 0 fully saturated rings. The number of benzene rings is 2. The molecule has 2 aromatic carbocycles. The summed E-state index contributed by atoms with van der Waals surface area (Å²) >= 11 is 0. The third kappa shape index (κ3) is 9.04. The molecule has 0 atom stereocenters. The summed E-state index contributed by atoms with van der Waals surface area (Å²) in [6.45, 7) is 9.19. The number of para-hydroxylation sites is 2. The molecule has 0 spiro atoms. The fourth-order valence-electron chi connectivity index (χ4n) is 6.74. The largest absolute Gasteiger partial charge is 0.579 e. The predicted octanol–water partition coefficient (Wildman–Crippen LogP) is 8.00. The number of aromatic nitrogens is 6. The molecular weight excluding hydrogens is 1090 g/mol. The van der Waals surface area contributed by atoms with Crippen LogP contribution in [0.2, 0.25) is 0 Å². The Balaban J connectivity index is 0.000000171. The Labute approximate surface area is 365 Å².